The van der Waals surface area contributed by atoms with Gasteiger partial charge in [-0.05, 0) is 36.2 Å². The number of carbonyl (C=O) groups excluding carboxylic acids is 2. The number of phenolic OH excluding ortho intramolecular Hbond substituents is 1. The Hall–Kier alpha value is -2.09. The molecule has 142 valence electrons. The number of piperazine rings is 1. The zero-order valence-electron chi connectivity index (χ0n) is 14.5. The van der Waals surface area contributed by atoms with E-state index in [-0.39, 0.29) is 23.6 Å². The van der Waals surface area contributed by atoms with Crippen LogP contribution in [0.4, 0.5) is 0 Å². The summed E-state index contributed by atoms with van der Waals surface area (Å²) in [5, 5.41) is 15.7. The normalized spacial score (nSPS) is 24.8. The molecule has 0 spiro atoms. The molecule has 27 heavy (non-hydrogen) atoms. The van der Waals surface area contributed by atoms with Gasteiger partial charge in [-0.1, -0.05) is 23.7 Å². The second-order valence-electron chi connectivity index (χ2n) is 6.96. The number of hydrogen-bond acceptors (Lipinski definition) is 5. The van der Waals surface area contributed by atoms with Gasteiger partial charge in [0.2, 0.25) is 11.8 Å². The summed E-state index contributed by atoms with van der Waals surface area (Å²) in [4.78, 5) is 28.2. The number of nitrogens with zero attached hydrogens (tertiary/aromatic N) is 1. The molecule has 0 aliphatic carbocycles. The Morgan fingerprint density at radius 1 is 1.22 bits per heavy atom. The SMILES string of the molecule is O=C1N[C@@H](Cc2ccc(O)cc2)C(=O)N2C[C@@H](NCc3ccc(Cl)s3)C[C@@H]12. The molecule has 2 aromatic rings. The molecule has 1 aromatic carbocycles. The molecule has 3 heterocycles. The quantitative estimate of drug-likeness (QED) is 0.709. The Bertz CT molecular complexity index is 854. The van der Waals surface area contributed by atoms with Gasteiger partial charge in [0.15, 0.2) is 0 Å². The average Bonchev–Trinajstić information content (AvgIpc) is 3.26. The summed E-state index contributed by atoms with van der Waals surface area (Å²) in [5.74, 6) is 0.0382. The lowest BCUT2D eigenvalue weighted by molar-refractivity contribution is -0.147. The Morgan fingerprint density at radius 2 is 2.00 bits per heavy atom. The number of benzene rings is 1. The van der Waals surface area contributed by atoms with Gasteiger partial charge in [0.1, 0.15) is 17.8 Å². The highest BCUT2D eigenvalue weighted by molar-refractivity contribution is 7.16. The molecule has 3 N–H and O–H groups in total. The first kappa shape index (κ1) is 18.3. The van der Waals surface area contributed by atoms with E-state index in [2.05, 4.69) is 10.6 Å². The molecular formula is C19H20ClN3O3S. The molecule has 2 saturated heterocycles. The van der Waals surface area contributed by atoms with Crippen molar-refractivity contribution in [2.45, 2.75) is 37.5 Å². The van der Waals surface area contributed by atoms with E-state index in [1.165, 1.54) is 11.3 Å². The van der Waals surface area contributed by atoms with Crippen molar-refractivity contribution in [1.82, 2.24) is 15.5 Å². The van der Waals surface area contributed by atoms with Crippen LogP contribution >= 0.6 is 22.9 Å². The minimum absolute atomic E-state index is 0.0452. The summed E-state index contributed by atoms with van der Waals surface area (Å²) < 4.78 is 0.752. The molecular weight excluding hydrogens is 386 g/mol. The lowest BCUT2D eigenvalue weighted by atomic mass is 10.0. The van der Waals surface area contributed by atoms with Crippen molar-refractivity contribution >= 4 is 34.8 Å². The summed E-state index contributed by atoms with van der Waals surface area (Å²) >= 11 is 7.48. The van der Waals surface area contributed by atoms with Gasteiger partial charge in [0.05, 0.1) is 4.34 Å². The van der Waals surface area contributed by atoms with Gasteiger partial charge in [-0.15, -0.1) is 11.3 Å². The fourth-order valence-electron chi connectivity index (χ4n) is 3.70. The van der Waals surface area contributed by atoms with Gasteiger partial charge in [0.25, 0.3) is 0 Å². The summed E-state index contributed by atoms with van der Waals surface area (Å²) in [6.45, 7) is 1.21. The van der Waals surface area contributed by atoms with Crippen molar-refractivity contribution < 1.29 is 14.7 Å². The summed E-state index contributed by atoms with van der Waals surface area (Å²) in [5.41, 5.74) is 0.897. The average molecular weight is 406 g/mol. The number of aromatic hydroxyl groups is 1. The van der Waals surface area contributed by atoms with Crippen LogP contribution in [0.25, 0.3) is 0 Å². The summed E-state index contributed by atoms with van der Waals surface area (Å²) in [7, 11) is 0. The number of halogens is 1. The van der Waals surface area contributed by atoms with Crippen LogP contribution in [0.15, 0.2) is 36.4 Å². The van der Waals surface area contributed by atoms with Crippen LogP contribution in [-0.4, -0.2) is 46.5 Å². The molecule has 2 fully saturated rings. The van der Waals surface area contributed by atoms with Gasteiger partial charge < -0.3 is 20.6 Å². The molecule has 8 heteroatoms. The van der Waals surface area contributed by atoms with Gasteiger partial charge in [-0.3, -0.25) is 9.59 Å². The second-order valence-corrected chi connectivity index (χ2v) is 8.76. The van der Waals surface area contributed by atoms with Crippen LogP contribution < -0.4 is 10.6 Å². The smallest absolute Gasteiger partial charge is 0.246 e. The minimum atomic E-state index is -0.562. The zero-order chi connectivity index (χ0) is 19.0. The van der Waals surface area contributed by atoms with Crippen LogP contribution in [0.2, 0.25) is 4.34 Å². The lowest BCUT2D eigenvalue weighted by Gasteiger charge is -2.34. The van der Waals surface area contributed by atoms with Crippen LogP contribution in [-0.2, 0) is 22.6 Å². The molecule has 0 radical (unpaired) electrons. The van der Waals surface area contributed by atoms with E-state index in [0.717, 1.165) is 14.8 Å². The van der Waals surface area contributed by atoms with Crippen molar-refractivity contribution in [3.05, 3.63) is 51.2 Å². The predicted octanol–water partition coefficient (Wildman–Crippen LogP) is 1.91. The number of nitrogens with one attached hydrogen (secondary N) is 2. The van der Waals surface area contributed by atoms with Crippen LogP contribution in [0.3, 0.4) is 0 Å². The number of amides is 2. The molecule has 0 unspecified atom stereocenters. The third-order valence-electron chi connectivity index (χ3n) is 5.07. The molecule has 0 bridgehead atoms. The van der Waals surface area contributed by atoms with Gasteiger partial charge >= 0.3 is 0 Å². The molecule has 0 saturated carbocycles. The highest BCUT2D eigenvalue weighted by Crippen LogP contribution is 2.26. The Labute approximate surface area is 166 Å². The fraction of sp³-hybridized carbons (Fsp3) is 0.368. The van der Waals surface area contributed by atoms with E-state index in [9.17, 15) is 14.7 Å². The van der Waals surface area contributed by atoms with Crippen molar-refractivity contribution in [3.63, 3.8) is 0 Å². The Kier molecular flexibility index (Phi) is 5.08. The lowest BCUT2D eigenvalue weighted by Crippen LogP contribution is -2.61. The maximum atomic E-state index is 12.9. The van der Waals surface area contributed by atoms with Gasteiger partial charge in [0, 0.05) is 30.4 Å². The summed E-state index contributed by atoms with van der Waals surface area (Å²) in [6.07, 6.45) is 1.03. The third-order valence-corrected chi connectivity index (χ3v) is 6.30. The maximum absolute atomic E-state index is 12.9. The number of fused-ring (bicyclic) bond motifs is 1. The van der Waals surface area contributed by atoms with E-state index in [1.54, 1.807) is 29.2 Å². The minimum Gasteiger partial charge on any atom is -0.508 e. The van der Waals surface area contributed by atoms with Gasteiger partial charge in [-0.2, -0.15) is 0 Å². The van der Waals surface area contributed by atoms with E-state index in [1.807, 2.05) is 12.1 Å². The first-order valence-electron chi connectivity index (χ1n) is 8.86. The molecule has 2 amide bonds. The Balaban J connectivity index is 1.39. The molecule has 3 atom stereocenters. The fourth-order valence-corrected chi connectivity index (χ4v) is 4.74. The summed E-state index contributed by atoms with van der Waals surface area (Å²) in [6, 6.07) is 9.66. The largest absolute Gasteiger partial charge is 0.508 e. The van der Waals surface area contributed by atoms with Gasteiger partial charge in [-0.25, -0.2) is 0 Å². The Morgan fingerprint density at radius 3 is 2.70 bits per heavy atom. The maximum Gasteiger partial charge on any atom is 0.246 e. The molecule has 6 nitrogen and oxygen atoms in total. The molecule has 2 aliphatic rings. The first-order chi connectivity index (χ1) is 13.0. The van der Waals surface area contributed by atoms with Crippen molar-refractivity contribution in [2.75, 3.05) is 6.54 Å². The number of carbonyl (C=O) groups is 2. The van der Waals surface area contributed by atoms with Crippen LogP contribution in [0, 0.1) is 0 Å². The predicted molar refractivity (Wildman–Crippen MR) is 104 cm³/mol. The number of thiophene rings is 1. The number of phenols is 1. The number of hydrogen-bond donors (Lipinski definition) is 3. The van der Waals surface area contributed by atoms with E-state index >= 15 is 0 Å². The van der Waals surface area contributed by atoms with E-state index < -0.39 is 12.1 Å². The van der Waals surface area contributed by atoms with Crippen molar-refractivity contribution in [2.24, 2.45) is 0 Å². The molecule has 2 aliphatic heterocycles. The van der Waals surface area contributed by atoms with Crippen molar-refractivity contribution in [3.8, 4) is 5.75 Å². The number of rotatable bonds is 5. The molecule has 4 rings (SSSR count). The zero-order valence-corrected chi connectivity index (χ0v) is 16.1. The third kappa shape index (κ3) is 3.95. The standard InChI is InChI=1S/C19H20ClN3O3S/c20-17-6-5-14(27-17)9-21-12-8-16-18(25)22-15(19(26)23(16)10-12)7-11-1-3-13(24)4-2-11/h1-6,12,15-16,21,24H,7-10H2,(H,22,25)/t12-,15-,16-/m0/s1. The van der Waals surface area contributed by atoms with Crippen LogP contribution in [0.1, 0.15) is 16.9 Å². The highest BCUT2D eigenvalue weighted by Gasteiger charge is 2.46. The highest BCUT2D eigenvalue weighted by atomic mass is 35.5. The van der Waals surface area contributed by atoms with Crippen LogP contribution in [0.5, 0.6) is 5.75 Å². The van der Waals surface area contributed by atoms with Crippen molar-refractivity contribution in [1.29, 1.82) is 0 Å². The topological polar surface area (TPSA) is 81.7 Å². The first-order valence-corrected chi connectivity index (χ1v) is 10.1. The monoisotopic (exact) mass is 405 g/mol. The second kappa shape index (κ2) is 7.50. The van der Waals surface area contributed by atoms with E-state index in [0.29, 0.717) is 25.9 Å². The van der Waals surface area contributed by atoms with E-state index in [4.69, 9.17) is 11.6 Å². The molecule has 1 aromatic heterocycles.